The van der Waals surface area contributed by atoms with Gasteiger partial charge in [0.1, 0.15) is 0 Å². The average Bonchev–Trinajstić information content (AvgIpc) is 2.22. The Labute approximate surface area is 87.7 Å². The minimum Gasteiger partial charge on any atom is -0.0845 e. The van der Waals surface area contributed by atoms with Crippen LogP contribution in [0.1, 0.15) is 38.5 Å². The van der Waals surface area contributed by atoms with Crippen molar-refractivity contribution in [3.8, 4) is 0 Å². The van der Waals surface area contributed by atoms with Gasteiger partial charge in [-0.1, -0.05) is 42.5 Å². The summed E-state index contributed by atoms with van der Waals surface area (Å²) in [5.74, 6) is 0. The summed E-state index contributed by atoms with van der Waals surface area (Å²) in [6.07, 6.45) is 25.5. The Morgan fingerprint density at radius 2 is 1.43 bits per heavy atom. The Balaban J connectivity index is 2.34. The number of hydrogen-bond acceptors (Lipinski definition) is 0. The maximum Gasteiger partial charge on any atom is -0.0276 e. The number of rotatable bonds is 0. The van der Waals surface area contributed by atoms with Gasteiger partial charge >= 0.3 is 0 Å². The van der Waals surface area contributed by atoms with E-state index in [4.69, 9.17) is 0 Å². The first kappa shape index (κ1) is 11.0. The molecule has 0 bridgehead atoms. The molecule has 0 nitrogen and oxygen atoms in total. The van der Waals surface area contributed by atoms with Crippen LogP contribution in [-0.2, 0) is 0 Å². The Morgan fingerprint density at radius 3 is 2.29 bits per heavy atom. The van der Waals surface area contributed by atoms with Crippen molar-refractivity contribution in [2.24, 2.45) is 0 Å². The van der Waals surface area contributed by atoms with Crippen LogP contribution in [-0.4, -0.2) is 0 Å². The van der Waals surface area contributed by atoms with Crippen LogP contribution in [0.5, 0.6) is 0 Å². The molecule has 0 aromatic carbocycles. The zero-order valence-electron chi connectivity index (χ0n) is 8.78. The third-order valence-corrected chi connectivity index (χ3v) is 2.18. The van der Waals surface area contributed by atoms with Gasteiger partial charge in [0.25, 0.3) is 0 Å². The fourth-order valence-corrected chi connectivity index (χ4v) is 1.35. The summed E-state index contributed by atoms with van der Waals surface area (Å²) in [4.78, 5) is 0. The smallest absolute Gasteiger partial charge is 0.0276 e. The Kier molecular flexibility index (Phi) is 6.74. The van der Waals surface area contributed by atoms with Gasteiger partial charge in [0.2, 0.25) is 0 Å². The summed E-state index contributed by atoms with van der Waals surface area (Å²) in [6, 6.07) is 0. The molecule has 0 fully saturated rings. The summed E-state index contributed by atoms with van der Waals surface area (Å²) in [5.41, 5.74) is 0. The molecule has 0 saturated carbocycles. The maximum absolute atomic E-state index is 3.29. The van der Waals surface area contributed by atoms with Gasteiger partial charge in [0.15, 0.2) is 0 Å². The highest BCUT2D eigenvalue weighted by Crippen LogP contribution is 2.02. The van der Waals surface area contributed by atoms with Crippen LogP contribution in [0.25, 0.3) is 0 Å². The number of allylic oxidation sites excluding steroid dienone is 8. The zero-order chi connectivity index (χ0) is 9.90. The molecule has 1 aliphatic carbocycles. The lowest BCUT2D eigenvalue weighted by Crippen LogP contribution is -1.73. The van der Waals surface area contributed by atoms with Crippen molar-refractivity contribution in [1.82, 2.24) is 0 Å². The highest BCUT2D eigenvalue weighted by atomic mass is 13.9. The second-order valence-corrected chi connectivity index (χ2v) is 3.48. The molecule has 0 heterocycles. The van der Waals surface area contributed by atoms with Crippen molar-refractivity contribution in [1.29, 1.82) is 0 Å². The van der Waals surface area contributed by atoms with E-state index in [0.717, 1.165) is 19.3 Å². The average molecular weight is 187 g/mol. The van der Waals surface area contributed by atoms with Crippen molar-refractivity contribution < 1.29 is 0 Å². The van der Waals surface area contributed by atoms with E-state index in [-0.39, 0.29) is 0 Å². The summed E-state index contributed by atoms with van der Waals surface area (Å²) in [5, 5.41) is 0. The third-order valence-electron chi connectivity index (χ3n) is 2.18. The molecular formula is C14H19. The lowest BCUT2D eigenvalue weighted by molar-refractivity contribution is 0.754. The highest BCUT2D eigenvalue weighted by molar-refractivity contribution is 5.04. The van der Waals surface area contributed by atoms with Crippen molar-refractivity contribution in [2.75, 3.05) is 0 Å². The standard InChI is InChI=1S/C14H19/c1-2-4-6-8-10-12-14-13-11-9-7-5-3-1/h1-4,9,11,13H,5-8,10,12H2. The van der Waals surface area contributed by atoms with Crippen LogP contribution in [0.2, 0.25) is 0 Å². The van der Waals surface area contributed by atoms with Crippen LogP contribution in [0.4, 0.5) is 0 Å². The van der Waals surface area contributed by atoms with E-state index < -0.39 is 0 Å². The van der Waals surface area contributed by atoms with E-state index in [1.165, 1.54) is 19.3 Å². The molecule has 0 amide bonds. The van der Waals surface area contributed by atoms with E-state index in [0.29, 0.717) is 0 Å². The van der Waals surface area contributed by atoms with Gasteiger partial charge in [-0.2, -0.15) is 0 Å². The monoisotopic (exact) mass is 187 g/mol. The molecule has 0 aromatic heterocycles. The van der Waals surface area contributed by atoms with Crippen molar-refractivity contribution in [2.45, 2.75) is 38.5 Å². The number of hydrogen-bond donors (Lipinski definition) is 0. The summed E-state index contributed by atoms with van der Waals surface area (Å²) >= 11 is 0. The van der Waals surface area contributed by atoms with Crippen LogP contribution in [0.3, 0.4) is 0 Å². The molecule has 0 unspecified atom stereocenters. The SMILES string of the molecule is [C]1=CC=CCCC=CC=CCCCC1. The Bertz CT molecular complexity index is 202. The van der Waals surface area contributed by atoms with Crippen LogP contribution >= 0.6 is 0 Å². The molecule has 1 aliphatic rings. The van der Waals surface area contributed by atoms with Crippen LogP contribution < -0.4 is 0 Å². The zero-order valence-corrected chi connectivity index (χ0v) is 8.78. The lowest BCUT2D eigenvalue weighted by atomic mass is 10.1. The fraction of sp³-hybridized carbons (Fsp3) is 0.429. The molecular weight excluding hydrogens is 168 g/mol. The van der Waals surface area contributed by atoms with Crippen LogP contribution in [0, 0.1) is 6.08 Å². The van der Waals surface area contributed by atoms with Crippen molar-refractivity contribution in [3.05, 3.63) is 48.6 Å². The predicted octanol–water partition coefficient (Wildman–Crippen LogP) is 4.37. The molecule has 1 rings (SSSR count). The molecule has 0 aliphatic heterocycles. The van der Waals surface area contributed by atoms with E-state index in [2.05, 4.69) is 42.5 Å². The quantitative estimate of drug-likeness (QED) is 0.528. The van der Waals surface area contributed by atoms with Gasteiger partial charge in [-0.25, -0.2) is 0 Å². The first-order valence-electron chi connectivity index (χ1n) is 5.53. The molecule has 0 spiro atoms. The summed E-state index contributed by atoms with van der Waals surface area (Å²) < 4.78 is 0. The Hall–Kier alpha value is -1.04. The maximum atomic E-state index is 3.29. The van der Waals surface area contributed by atoms with Gasteiger partial charge in [-0.05, 0) is 44.6 Å². The highest BCUT2D eigenvalue weighted by Gasteiger charge is 1.83. The molecule has 75 valence electrons. The topological polar surface area (TPSA) is 0 Å². The predicted molar refractivity (Wildman–Crippen MR) is 62.9 cm³/mol. The van der Waals surface area contributed by atoms with E-state index >= 15 is 0 Å². The van der Waals surface area contributed by atoms with E-state index in [9.17, 15) is 0 Å². The van der Waals surface area contributed by atoms with Gasteiger partial charge in [-0.15, -0.1) is 0 Å². The molecule has 0 aromatic rings. The van der Waals surface area contributed by atoms with Gasteiger partial charge in [0.05, 0.1) is 0 Å². The minimum absolute atomic E-state index is 1.09. The second kappa shape index (κ2) is 8.55. The molecule has 0 saturated heterocycles. The first-order valence-corrected chi connectivity index (χ1v) is 5.53. The molecule has 1 radical (unpaired) electrons. The van der Waals surface area contributed by atoms with Gasteiger partial charge in [-0.3, -0.25) is 0 Å². The van der Waals surface area contributed by atoms with Gasteiger partial charge in [0, 0.05) is 0 Å². The second-order valence-electron chi connectivity index (χ2n) is 3.48. The largest absolute Gasteiger partial charge is 0.0845 e. The molecule has 0 N–H and O–H groups in total. The van der Waals surface area contributed by atoms with E-state index in [1.807, 2.05) is 6.08 Å². The molecule has 0 atom stereocenters. The molecule has 0 heteroatoms. The molecule has 14 heavy (non-hydrogen) atoms. The summed E-state index contributed by atoms with van der Waals surface area (Å²) in [7, 11) is 0. The Morgan fingerprint density at radius 1 is 0.714 bits per heavy atom. The van der Waals surface area contributed by atoms with Crippen molar-refractivity contribution >= 4 is 0 Å². The fourth-order valence-electron chi connectivity index (χ4n) is 1.35. The van der Waals surface area contributed by atoms with Crippen LogP contribution in [0.15, 0.2) is 42.5 Å². The third kappa shape index (κ3) is 6.47. The van der Waals surface area contributed by atoms with E-state index in [1.54, 1.807) is 0 Å². The first-order chi connectivity index (χ1) is 7.00. The lowest BCUT2D eigenvalue weighted by Gasteiger charge is -1.92. The van der Waals surface area contributed by atoms with Crippen molar-refractivity contribution in [3.63, 3.8) is 0 Å². The minimum atomic E-state index is 1.09. The summed E-state index contributed by atoms with van der Waals surface area (Å²) in [6.45, 7) is 0. The van der Waals surface area contributed by atoms with Gasteiger partial charge < -0.3 is 0 Å². The normalized spacial score (nSPS) is 19.4.